The van der Waals surface area contributed by atoms with Gasteiger partial charge in [-0.15, -0.1) is 0 Å². The van der Waals surface area contributed by atoms with Crippen molar-refractivity contribution in [2.75, 3.05) is 30.2 Å². The van der Waals surface area contributed by atoms with Gasteiger partial charge >= 0.3 is 0 Å². The smallest absolute Gasteiger partial charge is 0.235 e. The maximum absolute atomic E-state index is 12.3. The highest BCUT2D eigenvalue weighted by molar-refractivity contribution is 7.92. The number of hydrogen-bond donors (Lipinski definition) is 1. The number of rotatable bonds is 4. The van der Waals surface area contributed by atoms with Gasteiger partial charge in [0.05, 0.1) is 11.4 Å². The molecule has 0 amide bonds. The summed E-state index contributed by atoms with van der Waals surface area (Å²) in [6, 6.07) is 9.23. The maximum atomic E-state index is 12.3. The van der Waals surface area contributed by atoms with E-state index in [1.807, 2.05) is 30.3 Å². The molecule has 1 fully saturated rings. The van der Waals surface area contributed by atoms with Crippen LogP contribution >= 0.6 is 0 Å². The Kier molecular flexibility index (Phi) is 4.24. The topological polar surface area (TPSA) is 49.4 Å². The minimum Gasteiger partial charge on any atom is -0.317 e. The third kappa shape index (κ3) is 3.23. The highest BCUT2D eigenvalue weighted by atomic mass is 32.2. The number of sulfonamides is 1. The largest absolute Gasteiger partial charge is 0.317 e. The minimum atomic E-state index is -3.21. The van der Waals surface area contributed by atoms with Crippen molar-refractivity contribution in [3.63, 3.8) is 0 Å². The Morgan fingerprint density at radius 1 is 1.22 bits per heavy atom. The SMILES string of the molecule is CN(c1ccccc1)S(=O)(=O)CC1CCNCC1. The molecule has 2 rings (SSSR count). The molecule has 1 N–H and O–H groups in total. The molecule has 0 atom stereocenters. The Labute approximate surface area is 109 Å². The van der Waals surface area contributed by atoms with Gasteiger partial charge in [-0.2, -0.15) is 0 Å². The molecule has 1 aliphatic heterocycles. The first-order valence-electron chi connectivity index (χ1n) is 6.32. The van der Waals surface area contributed by atoms with Gasteiger partial charge in [0, 0.05) is 7.05 Å². The number of hydrogen-bond acceptors (Lipinski definition) is 3. The standard InChI is InChI=1S/C13H20N2O2S/c1-15(13-5-3-2-4-6-13)18(16,17)11-12-7-9-14-10-8-12/h2-6,12,14H,7-11H2,1H3. The molecule has 4 nitrogen and oxygen atoms in total. The zero-order chi connectivity index (χ0) is 13.0. The molecule has 0 unspecified atom stereocenters. The summed E-state index contributed by atoms with van der Waals surface area (Å²) in [7, 11) is -1.58. The first-order chi connectivity index (χ1) is 8.59. The summed E-state index contributed by atoms with van der Waals surface area (Å²) in [4.78, 5) is 0. The predicted molar refractivity (Wildman–Crippen MR) is 74.2 cm³/mol. The Bertz CT molecular complexity index is 467. The average Bonchev–Trinajstić information content (AvgIpc) is 2.39. The van der Waals surface area contributed by atoms with E-state index in [1.165, 1.54) is 4.31 Å². The summed E-state index contributed by atoms with van der Waals surface area (Å²) >= 11 is 0. The molecular formula is C13H20N2O2S. The number of nitrogens with one attached hydrogen (secondary N) is 1. The lowest BCUT2D eigenvalue weighted by atomic mass is 10.0. The summed E-state index contributed by atoms with van der Waals surface area (Å²) in [5, 5.41) is 3.25. The summed E-state index contributed by atoms with van der Waals surface area (Å²) in [5.74, 6) is 0.530. The van der Waals surface area contributed by atoms with Crippen LogP contribution in [0.4, 0.5) is 5.69 Å². The van der Waals surface area contributed by atoms with Gasteiger partial charge in [-0.25, -0.2) is 8.42 Å². The lowest BCUT2D eigenvalue weighted by molar-refractivity contribution is 0.401. The van der Waals surface area contributed by atoms with Crippen LogP contribution in [0.2, 0.25) is 0 Å². The third-order valence-electron chi connectivity index (χ3n) is 3.44. The van der Waals surface area contributed by atoms with Crippen LogP contribution in [-0.2, 0) is 10.0 Å². The summed E-state index contributed by atoms with van der Waals surface area (Å²) in [5.41, 5.74) is 0.728. The second-order valence-electron chi connectivity index (χ2n) is 4.77. The van der Waals surface area contributed by atoms with Crippen molar-refractivity contribution < 1.29 is 8.42 Å². The number of anilines is 1. The fourth-order valence-electron chi connectivity index (χ4n) is 2.26. The van der Waals surface area contributed by atoms with E-state index in [0.717, 1.165) is 31.6 Å². The quantitative estimate of drug-likeness (QED) is 0.899. The van der Waals surface area contributed by atoms with E-state index in [1.54, 1.807) is 7.05 Å². The molecule has 5 heteroatoms. The van der Waals surface area contributed by atoms with Gasteiger partial charge < -0.3 is 5.32 Å². The van der Waals surface area contributed by atoms with Gasteiger partial charge in [-0.05, 0) is 44.0 Å². The second-order valence-corrected chi connectivity index (χ2v) is 6.82. The summed E-state index contributed by atoms with van der Waals surface area (Å²) < 4.78 is 26.0. The summed E-state index contributed by atoms with van der Waals surface area (Å²) in [6.45, 7) is 1.85. The molecule has 18 heavy (non-hydrogen) atoms. The minimum absolute atomic E-state index is 0.250. The maximum Gasteiger partial charge on any atom is 0.235 e. The van der Waals surface area contributed by atoms with Crippen LogP contribution in [0.3, 0.4) is 0 Å². The van der Waals surface area contributed by atoms with Gasteiger partial charge in [-0.1, -0.05) is 18.2 Å². The fraction of sp³-hybridized carbons (Fsp3) is 0.538. The van der Waals surface area contributed by atoms with Gasteiger partial charge in [0.1, 0.15) is 0 Å². The van der Waals surface area contributed by atoms with E-state index in [9.17, 15) is 8.42 Å². The molecule has 0 spiro atoms. The number of benzene rings is 1. The zero-order valence-corrected chi connectivity index (χ0v) is 11.5. The van der Waals surface area contributed by atoms with Crippen molar-refractivity contribution in [1.82, 2.24) is 5.32 Å². The van der Waals surface area contributed by atoms with Gasteiger partial charge in [0.15, 0.2) is 0 Å². The van der Waals surface area contributed by atoms with E-state index >= 15 is 0 Å². The molecule has 1 aromatic carbocycles. The van der Waals surface area contributed by atoms with E-state index in [-0.39, 0.29) is 11.7 Å². The van der Waals surface area contributed by atoms with E-state index < -0.39 is 10.0 Å². The molecule has 0 radical (unpaired) electrons. The van der Waals surface area contributed by atoms with Gasteiger partial charge in [-0.3, -0.25) is 4.31 Å². The second kappa shape index (κ2) is 5.71. The highest BCUT2D eigenvalue weighted by Gasteiger charge is 2.24. The number of nitrogens with zero attached hydrogens (tertiary/aromatic N) is 1. The van der Waals surface area contributed by atoms with Crippen LogP contribution in [0.1, 0.15) is 12.8 Å². The average molecular weight is 268 g/mol. The van der Waals surface area contributed by atoms with Crippen molar-refractivity contribution in [3.05, 3.63) is 30.3 Å². The Balaban J connectivity index is 2.06. The Morgan fingerprint density at radius 2 is 1.83 bits per heavy atom. The van der Waals surface area contributed by atoms with E-state index in [0.29, 0.717) is 0 Å². The fourth-order valence-corrected chi connectivity index (χ4v) is 3.85. The Hall–Kier alpha value is -1.07. The van der Waals surface area contributed by atoms with Crippen molar-refractivity contribution >= 4 is 15.7 Å². The molecule has 100 valence electrons. The lowest BCUT2D eigenvalue weighted by Crippen LogP contribution is -2.36. The molecule has 0 bridgehead atoms. The molecule has 1 aliphatic rings. The molecular weight excluding hydrogens is 248 g/mol. The Morgan fingerprint density at radius 3 is 2.44 bits per heavy atom. The lowest BCUT2D eigenvalue weighted by Gasteiger charge is -2.26. The summed E-state index contributed by atoms with van der Waals surface area (Å²) in [6.07, 6.45) is 1.89. The van der Waals surface area contributed by atoms with Crippen LogP contribution in [0.25, 0.3) is 0 Å². The normalized spacial score (nSPS) is 17.6. The van der Waals surface area contributed by atoms with Crippen LogP contribution in [-0.4, -0.2) is 34.3 Å². The van der Waals surface area contributed by atoms with Crippen molar-refractivity contribution in [2.24, 2.45) is 5.92 Å². The number of para-hydroxylation sites is 1. The molecule has 1 aromatic rings. The van der Waals surface area contributed by atoms with Crippen molar-refractivity contribution in [2.45, 2.75) is 12.8 Å². The molecule has 1 heterocycles. The number of piperidine rings is 1. The van der Waals surface area contributed by atoms with Crippen LogP contribution < -0.4 is 9.62 Å². The van der Waals surface area contributed by atoms with E-state index in [2.05, 4.69) is 5.32 Å². The first-order valence-corrected chi connectivity index (χ1v) is 7.93. The monoisotopic (exact) mass is 268 g/mol. The third-order valence-corrected chi connectivity index (χ3v) is 5.38. The zero-order valence-electron chi connectivity index (χ0n) is 10.7. The first kappa shape index (κ1) is 13.4. The van der Waals surface area contributed by atoms with Crippen molar-refractivity contribution in [3.8, 4) is 0 Å². The van der Waals surface area contributed by atoms with E-state index in [4.69, 9.17) is 0 Å². The van der Waals surface area contributed by atoms with Crippen LogP contribution in [0.15, 0.2) is 30.3 Å². The van der Waals surface area contributed by atoms with Gasteiger partial charge in [0.25, 0.3) is 0 Å². The molecule has 0 aromatic heterocycles. The highest BCUT2D eigenvalue weighted by Crippen LogP contribution is 2.20. The van der Waals surface area contributed by atoms with Gasteiger partial charge in [0.2, 0.25) is 10.0 Å². The van der Waals surface area contributed by atoms with Crippen LogP contribution in [0, 0.1) is 5.92 Å². The predicted octanol–water partition coefficient (Wildman–Crippen LogP) is 1.45. The van der Waals surface area contributed by atoms with Crippen molar-refractivity contribution in [1.29, 1.82) is 0 Å². The van der Waals surface area contributed by atoms with Crippen LogP contribution in [0.5, 0.6) is 0 Å². The molecule has 0 saturated carbocycles. The molecule has 1 saturated heterocycles. The molecule has 0 aliphatic carbocycles.